The molecule has 0 saturated carbocycles. The van der Waals surface area contributed by atoms with Crippen LogP contribution in [0.25, 0.3) is 0 Å². The van der Waals surface area contributed by atoms with Gasteiger partial charge in [0.15, 0.2) is 5.76 Å². The van der Waals surface area contributed by atoms with E-state index in [9.17, 15) is 4.79 Å². The monoisotopic (exact) mass is 395 g/mol. The average Bonchev–Trinajstić information content (AvgIpc) is 2.95. The maximum atomic E-state index is 12.2. The molecule has 7 nitrogen and oxygen atoms in total. The molecule has 0 radical (unpaired) electrons. The molecule has 0 aliphatic heterocycles. The fourth-order valence-electron chi connectivity index (χ4n) is 1.90. The summed E-state index contributed by atoms with van der Waals surface area (Å²) >= 11 is 3.39. The molecule has 2 rings (SSSR count). The van der Waals surface area contributed by atoms with Gasteiger partial charge in [0, 0.05) is 31.8 Å². The molecule has 1 amide bonds. The summed E-state index contributed by atoms with van der Waals surface area (Å²) < 4.78 is 16.7. The van der Waals surface area contributed by atoms with E-state index in [0.29, 0.717) is 28.7 Å². The zero-order chi connectivity index (χ0) is 17.7. The van der Waals surface area contributed by atoms with Crippen LogP contribution >= 0.6 is 15.9 Å². The number of hydrazone groups is 1. The molecule has 1 heterocycles. The highest BCUT2D eigenvalue weighted by Gasteiger charge is 2.11. The Hall–Kier alpha value is -2.48. The van der Waals surface area contributed by atoms with Crippen LogP contribution in [0.2, 0.25) is 0 Å². The number of furan rings is 1. The Balaban J connectivity index is 2.09. The lowest BCUT2D eigenvalue weighted by Gasteiger charge is -2.07. The topological polar surface area (TPSA) is 76.3 Å². The number of halogens is 1. The zero-order valence-corrected chi connectivity index (χ0v) is 15.4. The van der Waals surface area contributed by atoms with Crippen molar-refractivity contribution in [3.05, 3.63) is 40.1 Å². The number of rotatable bonds is 6. The second kappa shape index (κ2) is 7.87. The molecule has 128 valence electrons. The van der Waals surface area contributed by atoms with E-state index < -0.39 is 0 Å². The van der Waals surface area contributed by atoms with Crippen molar-refractivity contribution in [2.24, 2.45) is 5.10 Å². The molecule has 1 N–H and O–H groups in total. The van der Waals surface area contributed by atoms with Crippen LogP contribution in [0.1, 0.15) is 16.1 Å². The van der Waals surface area contributed by atoms with E-state index in [2.05, 4.69) is 26.5 Å². The van der Waals surface area contributed by atoms with Crippen molar-refractivity contribution < 1.29 is 18.7 Å². The third-order valence-corrected chi connectivity index (χ3v) is 3.63. The molecule has 0 atom stereocenters. The van der Waals surface area contributed by atoms with Gasteiger partial charge in [-0.3, -0.25) is 4.79 Å². The van der Waals surface area contributed by atoms with Crippen molar-refractivity contribution in [1.29, 1.82) is 0 Å². The fraction of sp³-hybridized carbons (Fsp3) is 0.250. The zero-order valence-electron chi connectivity index (χ0n) is 13.8. The minimum atomic E-state index is -0.387. The molecule has 1 aromatic heterocycles. The molecule has 0 aliphatic carbocycles. The molecule has 0 saturated heterocycles. The maximum absolute atomic E-state index is 12.2. The molecule has 24 heavy (non-hydrogen) atoms. The van der Waals surface area contributed by atoms with E-state index in [1.807, 2.05) is 19.0 Å². The second-order valence-electron chi connectivity index (χ2n) is 5.00. The third kappa shape index (κ3) is 4.29. The number of ether oxygens (including phenoxy) is 2. The van der Waals surface area contributed by atoms with Gasteiger partial charge in [0.2, 0.25) is 5.88 Å². The summed E-state index contributed by atoms with van der Waals surface area (Å²) in [5.74, 6) is 1.83. The van der Waals surface area contributed by atoms with Gasteiger partial charge in [-0.2, -0.15) is 5.10 Å². The van der Waals surface area contributed by atoms with Crippen molar-refractivity contribution in [3.8, 4) is 11.5 Å². The summed E-state index contributed by atoms with van der Waals surface area (Å²) in [5.41, 5.74) is 2.81. The quantitative estimate of drug-likeness (QED) is 0.600. The van der Waals surface area contributed by atoms with E-state index >= 15 is 0 Å². The van der Waals surface area contributed by atoms with Crippen LogP contribution in [0.15, 0.2) is 38.3 Å². The van der Waals surface area contributed by atoms with Gasteiger partial charge in [-0.05, 0) is 28.1 Å². The van der Waals surface area contributed by atoms with Crippen LogP contribution in [0, 0.1) is 0 Å². The average molecular weight is 396 g/mol. The molecule has 2 aromatic rings. The lowest BCUT2D eigenvalue weighted by Crippen LogP contribution is -2.17. The van der Waals surface area contributed by atoms with Crippen LogP contribution in [0.5, 0.6) is 11.5 Å². The molecule has 0 spiro atoms. The second-order valence-corrected chi connectivity index (χ2v) is 5.85. The number of hydrogen-bond donors (Lipinski definition) is 1. The highest BCUT2D eigenvalue weighted by Crippen LogP contribution is 2.28. The van der Waals surface area contributed by atoms with Gasteiger partial charge in [0.05, 0.1) is 24.9 Å². The molecular weight excluding hydrogens is 378 g/mol. The highest BCUT2D eigenvalue weighted by atomic mass is 79.9. The van der Waals surface area contributed by atoms with E-state index in [1.54, 1.807) is 24.3 Å². The molecule has 0 unspecified atom stereocenters. The first kappa shape index (κ1) is 17.9. The summed E-state index contributed by atoms with van der Waals surface area (Å²) in [6.07, 6.45) is 1.42. The van der Waals surface area contributed by atoms with E-state index in [1.165, 1.54) is 20.4 Å². The van der Waals surface area contributed by atoms with Crippen LogP contribution < -0.4 is 19.8 Å². The Labute approximate surface area is 148 Å². The molecule has 1 aromatic carbocycles. The van der Waals surface area contributed by atoms with Gasteiger partial charge >= 0.3 is 0 Å². The number of nitrogens with zero attached hydrogens (tertiary/aromatic N) is 2. The number of hydrogen-bond acceptors (Lipinski definition) is 6. The third-order valence-electron chi connectivity index (χ3n) is 3.07. The van der Waals surface area contributed by atoms with E-state index in [4.69, 9.17) is 13.9 Å². The minimum absolute atomic E-state index is 0.373. The van der Waals surface area contributed by atoms with Crippen molar-refractivity contribution in [3.63, 3.8) is 0 Å². The number of carbonyl (C=O) groups is 1. The molecule has 0 bridgehead atoms. The first-order chi connectivity index (χ1) is 11.4. The fourth-order valence-corrected chi connectivity index (χ4v) is 2.56. The van der Waals surface area contributed by atoms with Crippen molar-refractivity contribution in [1.82, 2.24) is 5.43 Å². The number of carbonyl (C=O) groups excluding carboxylic acids is 1. The van der Waals surface area contributed by atoms with Gasteiger partial charge in [-0.1, -0.05) is 0 Å². The highest BCUT2D eigenvalue weighted by molar-refractivity contribution is 9.10. The van der Waals surface area contributed by atoms with Crippen molar-refractivity contribution in [2.45, 2.75) is 0 Å². The Morgan fingerprint density at radius 1 is 1.21 bits per heavy atom. The van der Waals surface area contributed by atoms with E-state index in [-0.39, 0.29) is 5.91 Å². The predicted octanol–water partition coefficient (Wildman–Crippen LogP) is 2.89. The summed E-state index contributed by atoms with van der Waals surface area (Å²) in [7, 11) is 6.77. The molecule has 8 heteroatoms. The SMILES string of the molecule is COc1cc(OC)cc(C(=O)NN=Cc2cc(Br)c(N(C)C)o2)c1. The number of benzene rings is 1. The maximum Gasteiger partial charge on any atom is 0.271 e. The Morgan fingerprint density at radius 2 is 1.83 bits per heavy atom. The Bertz CT molecular complexity index is 734. The predicted molar refractivity (Wildman–Crippen MR) is 95.3 cm³/mol. The van der Waals surface area contributed by atoms with Crippen LogP contribution in [-0.2, 0) is 0 Å². The number of anilines is 1. The molecular formula is C16H18BrN3O4. The van der Waals surface area contributed by atoms with Crippen molar-refractivity contribution >= 4 is 33.9 Å². The molecule has 0 fully saturated rings. The Kier molecular flexibility index (Phi) is 5.86. The summed E-state index contributed by atoms with van der Waals surface area (Å²) in [6, 6.07) is 6.64. The van der Waals surface area contributed by atoms with Crippen LogP contribution in [0.3, 0.4) is 0 Å². The van der Waals surface area contributed by atoms with Crippen molar-refractivity contribution in [2.75, 3.05) is 33.2 Å². The number of methoxy groups -OCH3 is 2. The first-order valence-electron chi connectivity index (χ1n) is 6.97. The lowest BCUT2D eigenvalue weighted by atomic mass is 10.2. The first-order valence-corrected chi connectivity index (χ1v) is 7.77. The van der Waals surface area contributed by atoms with Gasteiger partial charge in [0.1, 0.15) is 11.5 Å². The van der Waals surface area contributed by atoms with E-state index in [0.717, 1.165) is 4.47 Å². The van der Waals surface area contributed by atoms with Crippen LogP contribution in [-0.4, -0.2) is 40.4 Å². The van der Waals surface area contributed by atoms with Gasteiger partial charge in [-0.25, -0.2) is 5.43 Å². The van der Waals surface area contributed by atoms with Gasteiger partial charge in [-0.15, -0.1) is 0 Å². The van der Waals surface area contributed by atoms with Gasteiger partial charge < -0.3 is 18.8 Å². The summed E-state index contributed by atoms with van der Waals surface area (Å²) in [6.45, 7) is 0. The summed E-state index contributed by atoms with van der Waals surface area (Å²) in [4.78, 5) is 14.0. The standard InChI is InChI=1S/C16H18BrN3O4/c1-20(2)16-14(17)8-13(24-16)9-18-19-15(21)10-5-11(22-3)7-12(6-10)23-4/h5-9H,1-4H3,(H,19,21). The summed E-state index contributed by atoms with van der Waals surface area (Å²) in [5, 5.41) is 3.90. The van der Waals surface area contributed by atoms with Gasteiger partial charge in [0.25, 0.3) is 5.91 Å². The largest absolute Gasteiger partial charge is 0.497 e. The minimum Gasteiger partial charge on any atom is -0.497 e. The lowest BCUT2D eigenvalue weighted by molar-refractivity contribution is 0.0954. The Morgan fingerprint density at radius 3 is 2.33 bits per heavy atom. The molecule has 0 aliphatic rings. The normalized spacial score (nSPS) is 10.7. The number of nitrogens with one attached hydrogen (secondary N) is 1. The smallest absolute Gasteiger partial charge is 0.271 e. The van der Waals surface area contributed by atoms with Crippen LogP contribution in [0.4, 0.5) is 5.88 Å². The number of amides is 1.